The van der Waals surface area contributed by atoms with Gasteiger partial charge in [0.05, 0.1) is 4.87 Å². The van der Waals surface area contributed by atoms with Crippen molar-refractivity contribution < 1.29 is 9.59 Å². The van der Waals surface area contributed by atoms with E-state index in [9.17, 15) is 9.59 Å². The van der Waals surface area contributed by atoms with E-state index in [0.29, 0.717) is 18.1 Å². The molecule has 0 aliphatic carbocycles. The summed E-state index contributed by atoms with van der Waals surface area (Å²) in [6.07, 6.45) is 1.39. The maximum absolute atomic E-state index is 12.7. The van der Waals surface area contributed by atoms with Gasteiger partial charge in [-0.1, -0.05) is 32.0 Å². The van der Waals surface area contributed by atoms with Crippen LogP contribution >= 0.6 is 11.8 Å². The van der Waals surface area contributed by atoms with Crippen LogP contribution < -0.4 is 5.32 Å². The molecule has 1 aromatic carbocycles. The van der Waals surface area contributed by atoms with E-state index in [1.165, 1.54) is 0 Å². The number of anilines is 1. The van der Waals surface area contributed by atoms with E-state index in [-0.39, 0.29) is 22.7 Å². The van der Waals surface area contributed by atoms with Crippen LogP contribution in [0.5, 0.6) is 0 Å². The lowest BCUT2D eigenvalue weighted by Crippen LogP contribution is -2.48. The van der Waals surface area contributed by atoms with E-state index in [0.717, 1.165) is 17.7 Å². The molecule has 2 aliphatic heterocycles. The number of amides is 2. The lowest BCUT2D eigenvalue weighted by atomic mass is 10.0. The minimum atomic E-state index is -0.356. The summed E-state index contributed by atoms with van der Waals surface area (Å²) >= 11 is 1.72. The average Bonchev–Trinajstić information content (AvgIpc) is 2.96. The van der Waals surface area contributed by atoms with Crippen molar-refractivity contribution in [3.05, 3.63) is 29.8 Å². The van der Waals surface area contributed by atoms with Crippen LogP contribution in [0.4, 0.5) is 5.69 Å². The second kappa shape index (κ2) is 5.61. The normalized spacial score (nSPS) is 27.4. The van der Waals surface area contributed by atoms with E-state index in [4.69, 9.17) is 0 Å². The molecule has 1 N–H and O–H groups in total. The lowest BCUT2D eigenvalue weighted by Gasteiger charge is -2.30. The molecule has 1 aromatic rings. The number of benzene rings is 1. The Kier molecular flexibility index (Phi) is 3.93. The number of nitrogens with zero attached hydrogens (tertiary/aromatic N) is 1. The smallest absolute Gasteiger partial charge is 0.248 e. The number of nitrogens with one attached hydrogen (secondary N) is 1. The predicted octanol–water partition coefficient (Wildman–Crippen LogP) is 3.20. The number of hydrogen-bond donors (Lipinski definition) is 1. The Hall–Kier alpha value is -1.49. The standard InChI is InChI=1S/C17H22N2O2S/c1-11(2)12-6-4-5-7-13(12)18-16(21)14-10-22-17(3)9-8-15(20)19(14)17/h4-7,11,14H,8-10H2,1-3H3,(H,18,21)/t14-,17+/m1/s1. The molecule has 0 unspecified atom stereocenters. The number of fused-ring (bicyclic) bond motifs is 1. The molecule has 0 radical (unpaired) electrons. The van der Waals surface area contributed by atoms with Crippen LogP contribution in [0.25, 0.3) is 0 Å². The molecule has 22 heavy (non-hydrogen) atoms. The molecule has 4 nitrogen and oxygen atoms in total. The van der Waals surface area contributed by atoms with Gasteiger partial charge in [0.2, 0.25) is 11.8 Å². The van der Waals surface area contributed by atoms with Gasteiger partial charge in [-0.25, -0.2) is 0 Å². The molecule has 0 spiro atoms. The van der Waals surface area contributed by atoms with E-state index in [2.05, 4.69) is 26.1 Å². The number of rotatable bonds is 3. The van der Waals surface area contributed by atoms with Gasteiger partial charge < -0.3 is 10.2 Å². The highest BCUT2D eigenvalue weighted by Crippen LogP contribution is 2.47. The number of para-hydroxylation sites is 1. The number of thioether (sulfide) groups is 1. The average molecular weight is 318 g/mol. The first kappa shape index (κ1) is 15.4. The molecule has 3 rings (SSSR count). The van der Waals surface area contributed by atoms with Gasteiger partial charge in [0.1, 0.15) is 6.04 Å². The van der Waals surface area contributed by atoms with Crippen molar-refractivity contribution in [1.29, 1.82) is 0 Å². The topological polar surface area (TPSA) is 49.4 Å². The van der Waals surface area contributed by atoms with Gasteiger partial charge in [0.15, 0.2) is 0 Å². The Balaban J connectivity index is 1.80. The fourth-order valence-corrected chi connectivity index (χ4v) is 4.78. The number of carbonyl (C=O) groups excluding carboxylic acids is 2. The predicted molar refractivity (Wildman–Crippen MR) is 89.9 cm³/mol. The van der Waals surface area contributed by atoms with Crippen LogP contribution in [-0.4, -0.2) is 33.4 Å². The first-order chi connectivity index (χ1) is 10.4. The Labute approximate surface area is 135 Å². The molecule has 2 saturated heterocycles. The summed E-state index contributed by atoms with van der Waals surface area (Å²) in [4.78, 5) is 26.4. The third kappa shape index (κ3) is 2.51. The Morgan fingerprint density at radius 3 is 2.86 bits per heavy atom. The molecular formula is C17H22N2O2S. The summed E-state index contributed by atoms with van der Waals surface area (Å²) in [7, 11) is 0. The highest BCUT2D eigenvalue weighted by Gasteiger charge is 2.52. The molecule has 5 heteroatoms. The molecule has 2 amide bonds. The molecule has 118 valence electrons. The fraction of sp³-hybridized carbons (Fsp3) is 0.529. The molecule has 0 saturated carbocycles. The van der Waals surface area contributed by atoms with Gasteiger partial charge in [-0.15, -0.1) is 11.8 Å². The zero-order valence-electron chi connectivity index (χ0n) is 13.3. The number of hydrogen-bond acceptors (Lipinski definition) is 3. The second-order valence-corrected chi connectivity index (χ2v) is 8.00. The molecule has 2 aliphatic rings. The Morgan fingerprint density at radius 1 is 1.41 bits per heavy atom. The van der Waals surface area contributed by atoms with E-state index in [1.54, 1.807) is 16.7 Å². The summed E-state index contributed by atoms with van der Waals surface area (Å²) < 4.78 is 0. The van der Waals surface area contributed by atoms with Crippen molar-refractivity contribution in [2.24, 2.45) is 0 Å². The molecule has 2 atom stereocenters. The van der Waals surface area contributed by atoms with E-state index in [1.807, 2.05) is 24.3 Å². The van der Waals surface area contributed by atoms with Gasteiger partial charge in [0.25, 0.3) is 0 Å². The largest absolute Gasteiger partial charge is 0.324 e. The van der Waals surface area contributed by atoms with Crippen molar-refractivity contribution >= 4 is 29.3 Å². The minimum absolute atomic E-state index is 0.0698. The SMILES string of the molecule is CC(C)c1ccccc1NC(=O)[C@H]1CS[C@@]2(C)CCC(=O)N12. The van der Waals surface area contributed by atoms with Gasteiger partial charge in [-0.05, 0) is 30.9 Å². The maximum atomic E-state index is 12.7. The number of carbonyl (C=O) groups is 2. The van der Waals surface area contributed by atoms with Gasteiger partial charge >= 0.3 is 0 Å². The molecule has 0 bridgehead atoms. The van der Waals surface area contributed by atoms with Crippen LogP contribution in [0.1, 0.15) is 45.1 Å². The third-order valence-electron chi connectivity index (χ3n) is 4.59. The molecule has 0 aromatic heterocycles. The Morgan fingerprint density at radius 2 is 2.14 bits per heavy atom. The monoisotopic (exact) mass is 318 g/mol. The fourth-order valence-electron chi connectivity index (χ4n) is 3.35. The van der Waals surface area contributed by atoms with Crippen LogP contribution in [0.2, 0.25) is 0 Å². The van der Waals surface area contributed by atoms with Crippen LogP contribution in [0, 0.1) is 0 Å². The summed E-state index contributed by atoms with van der Waals surface area (Å²) in [6.45, 7) is 6.28. The van der Waals surface area contributed by atoms with Crippen molar-refractivity contribution in [2.45, 2.75) is 50.4 Å². The van der Waals surface area contributed by atoms with Crippen molar-refractivity contribution in [3.63, 3.8) is 0 Å². The van der Waals surface area contributed by atoms with Crippen molar-refractivity contribution in [3.8, 4) is 0 Å². The highest BCUT2D eigenvalue weighted by atomic mass is 32.2. The van der Waals surface area contributed by atoms with Crippen molar-refractivity contribution in [1.82, 2.24) is 4.90 Å². The van der Waals surface area contributed by atoms with Crippen molar-refractivity contribution in [2.75, 3.05) is 11.1 Å². The van der Waals surface area contributed by atoms with Crippen LogP contribution in [0.15, 0.2) is 24.3 Å². The van der Waals surface area contributed by atoms with Crippen LogP contribution in [-0.2, 0) is 9.59 Å². The lowest BCUT2D eigenvalue weighted by molar-refractivity contribution is -0.135. The maximum Gasteiger partial charge on any atom is 0.248 e. The molecular weight excluding hydrogens is 296 g/mol. The van der Waals surface area contributed by atoms with Crippen LogP contribution in [0.3, 0.4) is 0 Å². The summed E-state index contributed by atoms with van der Waals surface area (Å²) in [5.41, 5.74) is 1.98. The summed E-state index contributed by atoms with van der Waals surface area (Å²) in [6, 6.07) is 7.52. The minimum Gasteiger partial charge on any atom is -0.324 e. The first-order valence-corrected chi connectivity index (χ1v) is 8.77. The van der Waals surface area contributed by atoms with Gasteiger partial charge in [0, 0.05) is 17.9 Å². The highest BCUT2D eigenvalue weighted by molar-refractivity contribution is 8.01. The zero-order chi connectivity index (χ0) is 15.9. The Bertz CT molecular complexity index is 616. The first-order valence-electron chi connectivity index (χ1n) is 7.78. The molecule has 2 heterocycles. The second-order valence-electron chi connectivity index (χ2n) is 6.50. The van der Waals surface area contributed by atoms with Gasteiger partial charge in [-0.2, -0.15) is 0 Å². The summed E-state index contributed by atoms with van der Waals surface area (Å²) in [5, 5.41) is 3.04. The van der Waals surface area contributed by atoms with E-state index >= 15 is 0 Å². The van der Waals surface area contributed by atoms with E-state index < -0.39 is 0 Å². The van der Waals surface area contributed by atoms with Gasteiger partial charge in [-0.3, -0.25) is 9.59 Å². The summed E-state index contributed by atoms with van der Waals surface area (Å²) in [5.74, 6) is 1.05. The third-order valence-corrected chi connectivity index (χ3v) is 6.09. The molecule has 2 fully saturated rings. The quantitative estimate of drug-likeness (QED) is 0.931. The zero-order valence-corrected chi connectivity index (χ0v) is 14.1.